The summed E-state index contributed by atoms with van der Waals surface area (Å²) in [6.07, 6.45) is 1.22. The molecule has 1 unspecified atom stereocenters. The maximum Gasteiger partial charge on any atom is 0.161 e. The molecule has 1 aliphatic rings. The van der Waals surface area contributed by atoms with Crippen molar-refractivity contribution in [2.24, 2.45) is 5.92 Å². The lowest BCUT2D eigenvalue weighted by Gasteiger charge is -2.21. The van der Waals surface area contributed by atoms with Crippen molar-refractivity contribution in [3.63, 3.8) is 0 Å². The molecule has 1 aromatic carbocycles. The molecule has 1 fully saturated rings. The van der Waals surface area contributed by atoms with E-state index in [0.29, 0.717) is 0 Å². The van der Waals surface area contributed by atoms with Crippen LogP contribution in [-0.4, -0.2) is 18.9 Å². The predicted octanol–water partition coefficient (Wildman–Crippen LogP) is 3.50. The topological polar surface area (TPSA) is 20.3 Å². The van der Waals surface area contributed by atoms with Crippen LogP contribution >= 0.6 is 15.9 Å². The van der Waals surface area contributed by atoms with Crippen LogP contribution in [0.1, 0.15) is 30.6 Å². The summed E-state index contributed by atoms with van der Waals surface area (Å²) < 4.78 is 0.966. The van der Waals surface area contributed by atoms with E-state index in [9.17, 15) is 4.79 Å². The first kappa shape index (κ1) is 11.6. The first-order valence-electron chi connectivity index (χ1n) is 5.63. The van der Waals surface area contributed by atoms with E-state index in [1.807, 2.05) is 18.2 Å². The first-order chi connectivity index (χ1) is 7.58. The number of ketones is 1. The molecular formula is C13H16BrNO. The van der Waals surface area contributed by atoms with Gasteiger partial charge in [0.25, 0.3) is 0 Å². The molecule has 0 amide bonds. The van der Waals surface area contributed by atoms with Gasteiger partial charge in [0.15, 0.2) is 5.78 Å². The number of Topliss-reactive ketones (excluding diaryl/α,β-unsaturated/α-hetero) is 1. The van der Waals surface area contributed by atoms with E-state index in [0.717, 1.165) is 34.7 Å². The number of hydrogen-bond acceptors (Lipinski definition) is 2. The van der Waals surface area contributed by atoms with Gasteiger partial charge in [-0.15, -0.1) is 0 Å². The molecule has 3 heteroatoms. The second-order valence-electron chi connectivity index (χ2n) is 4.56. The Bertz CT molecular complexity index is 416. The molecule has 0 aliphatic carbocycles. The third-order valence-corrected chi connectivity index (χ3v) is 3.60. The Balaban J connectivity index is 2.36. The van der Waals surface area contributed by atoms with Gasteiger partial charge in [-0.05, 0) is 37.5 Å². The molecule has 0 aromatic heterocycles. The van der Waals surface area contributed by atoms with Crippen molar-refractivity contribution in [3.8, 4) is 0 Å². The minimum atomic E-state index is 0.135. The minimum Gasteiger partial charge on any atom is -0.371 e. The predicted molar refractivity (Wildman–Crippen MR) is 70.1 cm³/mol. The Kier molecular flexibility index (Phi) is 3.33. The van der Waals surface area contributed by atoms with Crippen molar-refractivity contribution >= 4 is 27.4 Å². The summed E-state index contributed by atoms with van der Waals surface area (Å²) in [6.45, 7) is 6.00. The van der Waals surface area contributed by atoms with Gasteiger partial charge < -0.3 is 4.90 Å². The van der Waals surface area contributed by atoms with Gasteiger partial charge in [0.1, 0.15) is 0 Å². The number of benzene rings is 1. The minimum absolute atomic E-state index is 0.135. The first-order valence-corrected chi connectivity index (χ1v) is 6.42. The van der Waals surface area contributed by atoms with E-state index in [2.05, 4.69) is 27.8 Å². The molecule has 0 spiro atoms. The summed E-state index contributed by atoms with van der Waals surface area (Å²) in [6, 6.07) is 5.96. The number of carbonyl (C=O) groups is 1. The van der Waals surface area contributed by atoms with Gasteiger partial charge in [0, 0.05) is 28.8 Å². The number of rotatable bonds is 2. The highest BCUT2D eigenvalue weighted by Gasteiger charge is 2.22. The molecule has 1 aromatic rings. The van der Waals surface area contributed by atoms with Crippen molar-refractivity contribution in [1.82, 2.24) is 0 Å². The Labute approximate surface area is 105 Å². The smallest absolute Gasteiger partial charge is 0.161 e. The summed E-state index contributed by atoms with van der Waals surface area (Å²) in [5.74, 6) is 0.860. The zero-order chi connectivity index (χ0) is 11.7. The number of anilines is 1. The van der Waals surface area contributed by atoms with E-state index in [4.69, 9.17) is 0 Å². The van der Waals surface area contributed by atoms with E-state index in [-0.39, 0.29) is 5.78 Å². The molecule has 1 heterocycles. The summed E-state index contributed by atoms with van der Waals surface area (Å²) >= 11 is 3.41. The molecule has 1 aliphatic heterocycles. The van der Waals surface area contributed by atoms with Gasteiger partial charge in [-0.25, -0.2) is 0 Å². The number of carbonyl (C=O) groups excluding carboxylic acids is 1. The third kappa shape index (κ3) is 2.29. The second kappa shape index (κ2) is 4.58. The van der Waals surface area contributed by atoms with E-state index < -0.39 is 0 Å². The van der Waals surface area contributed by atoms with Crippen molar-refractivity contribution in [1.29, 1.82) is 0 Å². The quantitative estimate of drug-likeness (QED) is 0.774. The SMILES string of the molecule is CC(=O)c1cc(Br)ccc1N1CCC(C)C1. The lowest BCUT2D eigenvalue weighted by atomic mass is 10.1. The summed E-state index contributed by atoms with van der Waals surface area (Å²) in [5, 5.41) is 0. The number of nitrogens with zero attached hydrogens (tertiary/aromatic N) is 1. The molecular weight excluding hydrogens is 266 g/mol. The molecule has 86 valence electrons. The van der Waals surface area contributed by atoms with Crippen LogP contribution in [0.15, 0.2) is 22.7 Å². The fraction of sp³-hybridized carbons (Fsp3) is 0.462. The van der Waals surface area contributed by atoms with Gasteiger partial charge in [0.2, 0.25) is 0 Å². The zero-order valence-electron chi connectivity index (χ0n) is 9.66. The standard InChI is InChI=1S/C13H16BrNO/c1-9-5-6-15(8-9)13-4-3-11(14)7-12(13)10(2)16/h3-4,7,9H,5-6,8H2,1-2H3. The molecule has 16 heavy (non-hydrogen) atoms. The molecule has 0 N–H and O–H groups in total. The Hall–Kier alpha value is -0.830. The van der Waals surface area contributed by atoms with Crippen molar-refractivity contribution in [3.05, 3.63) is 28.2 Å². The van der Waals surface area contributed by atoms with Gasteiger partial charge in [-0.3, -0.25) is 4.79 Å². The molecule has 2 rings (SSSR count). The molecule has 0 saturated carbocycles. The molecule has 1 atom stereocenters. The fourth-order valence-electron chi connectivity index (χ4n) is 2.22. The lowest BCUT2D eigenvalue weighted by molar-refractivity contribution is 0.101. The zero-order valence-corrected chi connectivity index (χ0v) is 11.3. The van der Waals surface area contributed by atoms with Gasteiger partial charge in [-0.2, -0.15) is 0 Å². The van der Waals surface area contributed by atoms with Crippen LogP contribution in [0.5, 0.6) is 0 Å². The van der Waals surface area contributed by atoms with Crippen LogP contribution in [0.4, 0.5) is 5.69 Å². The van der Waals surface area contributed by atoms with Crippen LogP contribution < -0.4 is 4.90 Å². The molecule has 0 bridgehead atoms. The number of halogens is 1. The third-order valence-electron chi connectivity index (χ3n) is 3.10. The highest BCUT2D eigenvalue weighted by Crippen LogP contribution is 2.29. The average Bonchev–Trinajstić information content (AvgIpc) is 2.64. The second-order valence-corrected chi connectivity index (χ2v) is 5.47. The average molecular weight is 282 g/mol. The van der Waals surface area contributed by atoms with E-state index >= 15 is 0 Å². The van der Waals surface area contributed by atoms with Crippen LogP contribution in [0.25, 0.3) is 0 Å². The summed E-state index contributed by atoms with van der Waals surface area (Å²) in [4.78, 5) is 13.9. The fourth-order valence-corrected chi connectivity index (χ4v) is 2.58. The van der Waals surface area contributed by atoms with Crippen molar-refractivity contribution in [2.75, 3.05) is 18.0 Å². The van der Waals surface area contributed by atoms with Crippen LogP contribution in [0, 0.1) is 5.92 Å². The Morgan fingerprint density at radius 2 is 2.25 bits per heavy atom. The lowest BCUT2D eigenvalue weighted by Crippen LogP contribution is -2.21. The highest BCUT2D eigenvalue weighted by atomic mass is 79.9. The Morgan fingerprint density at radius 1 is 1.50 bits per heavy atom. The van der Waals surface area contributed by atoms with Gasteiger partial charge >= 0.3 is 0 Å². The van der Waals surface area contributed by atoms with Crippen LogP contribution in [-0.2, 0) is 0 Å². The van der Waals surface area contributed by atoms with Crippen molar-refractivity contribution < 1.29 is 4.79 Å². The highest BCUT2D eigenvalue weighted by molar-refractivity contribution is 9.10. The molecule has 1 saturated heterocycles. The Morgan fingerprint density at radius 3 is 2.81 bits per heavy atom. The van der Waals surface area contributed by atoms with Crippen LogP contribution in [0.3, 0.4) is 0 Å². The van der Waals surface area contributed by atoms with E-state index in [1.165, 1.54) is 6.42 Å². The molecule has 0 radical (unpaired) electrons. The normalized spacial score (nSPS) is 20.2. The van der Waals surface area contributed by atoms with Gasteiger partial charge in [0.05, 0.1) is 0 Å². The molecule has 2 nitrogen and oxygen atoms in total. The van der Waals surface area contributed by atoms with Gasteiger partial charge in [-0.1, -0.05) is 22.9 Å². The van der Waals surface area contributed by atoms with E-state index in [1.54, 1.807) is 6.92 Å². The van der Waals surface area contributed by atoms with Crippen molar-refractivity contribution in [2.45, 2.75) is 20.3 Å². The number of hydrogen-bond donors (Lipinski definition) is 0. The maximum atomic E-state index is 11.6. The maximum absolute atomic E-state index is 11.6. The summed E-state index contributed by atoms with van der Waals surface area (Å²) in [5.41, 5.74) is 1.91. The largest absolute Gasteiger partial charge is 0.371 e. The van der Waals surface area contributed by atoms with Crippen LogP contribution in [0.2, 0.25) is 0 Å². The monoisotopic (exact) mass is 281 g/mol. The summed E-state index contributed by atoms with van der Waals surface area (Å²) in [7, 11) is 0.